The highest BCUT2D eigenvalue weighted by atomic mass is 16.7. The Labute approximate surface area is 149 Å². The molecule has 1 fully saturated rings. The maximum Gasteiger partial charge on any atom is 0.243 e. The Morgan fingerprint density at radius 1 is 1.12 bits per heavy atom. The van der Waals surface area contributed by atoms with Crippen molar-refractivity contribution >= 4 is 18.0 Å². The number of hydrogen-bond donors (Lipinski definition) is 3. The number of carbonyl (C=O) groups is 2. The monoisotopic (exact) mass is 357 g/mol. The summed E-state index contributed by atoms with van der Waals surface area (Å²) in [7, 11) is 0. The average Bonchev–Trinajstić information content (AvgIpc) is 2.58. The molecule has 0 aromatic heterocycles. The van der Waals surface area contributed by atoms with E-state index in [2.05, 4.69) is 24.4 Å². The quantitative estimate of drug-likeness (QED) is 0.227. The summed E-state index contributed by atoms with van der Waals surface area (Å²) in [6.45, 7) is 5.66. The molecule has 1 heterocycles. The van der Waals surface area contributed by atoms with Crippen LogP contribution in [0.3, 0.4) is 0 Å². The van der Waals surface area contributed by atoms with E-state index in [0.717, 1.165) is 25.7 Å². The fourth-order valence-electron chi connectivity index (χ4n) is 2.31. The largest absolute Gasteiger partial charge is 0.352 e. The first-order chi connectivity index (χ1) is 11.9. The lowest BCUT2D eigenvalue weighted by atomic mass is 9.95. The van der Waals surface area contributed by atoms with Crippen molar-refractivity contribution in [2.45, 2.75) is 71.5 Å². The summed E-state index contributed by atoms with van der Waals surface area (Å²) < 4.78 is 11.3. The van der Waals surface area contributed by atoms with Crippen molar-refractivity contribution in [2.75, 3.05) is 13.2 Å². The zero-order valence-corrected chi connectivity index (χ0v) is 15.3. The number of nitrogens with one attached hydrogen (secondary N) is 2. The molecule has 0 radical (unpaired) electrons. The third-order valence-corrected chi connectivity index (χ3v) is 3.81. The molecule has 0 atom stereocenters. The Bertz CT molecular complexity index is 430. The number of ether oxygens (including phenoxy) is 2. The summed E-state index contributed by atoms with van der Waals surface area (Å²) in [5, 5.41) is 12.3. The van der Waals surface area contributed by atoms with Crippen molar-refractivity contribution in [3.63, 3.8) is 0 Å². The molecule has 0 aromatic carbocycles. The SMILES string of the molecule is CC1(C)COC(CCC/C=N/NC(=O)CCCCCC(=O)NO)OC1. The maximum atomic E-state index is 11.6. The van der Waals surface area contributed by atoms with Crippen LogP contribution in [0.4, 0.5) is 0 Å². The van der Waals surface area contributed by atoms with Crippen LogP contribution in [0.15, 0.2) is 5.10 Å². The van der Waals surface area contributed by atoms with Gasteiger partial charge in [0.05, 0.1) is 13.2 Å². The first kappa shape index (κ1) is 21.5. The highest BCUT2D eigenvalue weighted by molar-refractivity contribution is 5.76. The fraction of sp³-hybridized carbons (Fsp3) is 0.824. The van der Waals surface area contributed by atoms with Gasteiger partial charge in [-0.3, -0.25) is 14.8 Å². The van der Waals surface area contributed by atoms with Crippen molar-refractivity contribution < 1.29 is 24.3 Å². The van der Waals surface area contributed by atoms with E-state index in [0.29, 0.717) is 32.5 Å². The lowest BCUT2D eigenvalue weighted by molar-refractivity contribution is -0.223. The molecule has 0 unspecified atom stereocenters. The van der Waals surface area contributed by atoms with Crippen LogP contribution in [0, 0.1) is 5.41 Å². The summed E-state index contributed by atoms with van der Waals surface area (Å²) in [6.07, 6.45) is 6.73. The second kappa shape index (κ2) is 11.9. The summed E-state index contributed by atoms with van der Waals surface area (Å²) in [6, 6.07) is 0. The molecule has 8 heteroatoms. The topological polar surface area (TPSA) is 109 Å². The molecule has 0 aliphatic carbocycles. The second-order valence-corrected chi connectivity index (χ2v) is 7.09. The molecular weight excluding hydrogens is 326 g/mol. The lowest BCUT2D eigenvalue weighted by Gasteiger charge is -2.34. The van der Waals surface area contributed by atoms with Gasteiger partial charge in [0.25, 0.3) is 0 Å². The summed E-state index contributed by atoms with van der Waals surface area (Å²) >= 11 is 0. The Morgan fingerprint density at radius 2 is 1.76 bits per heavy atom. The Kier molecular flexibility index (Phi) is 10.3. The van der Waals surface area contributed by atoms with Crippen LogP contribution < -0.4 is 10.9 Å². The van der Waals surface area contributed by atoms with E-state index in [4.69, 9.17) is 14.7 Å². The fourth-order valence-corrected chi connectivity index (χ4v) is 2.31. The van der Waals surface area contributed by atoms with Gasteiger partial charge in [-0.05, 0) is 32.1 Å². The normalized spacial score (nSPS) is 17.6. The van der Waals surface area contributed by atoms with Crippen LogP contribution in [0.25, 0.3) is 0 Å². The van der Waals surface area contributed by atoms with Crippen LogP contribution in [0.5, 0.6) is 0 Å². The van der Waals surface area contributed by atoms with E-state index >= 15 is 0 Å². The molecule has 1 saturated heterocycles. The molecule has 0 bridgehead atoms. The highest BCUT2D eigenvalue weighted by Crippen LogP contribution is 2.24. The molecule has 1 rings (SSSR count). The summed E-state index contributed by atoms with van der Waals surface area (Å²) in [5.41, 5.74) is 4.16. The van der Waals surface area contributed by atoms with E-state index in [-0.39, 0.29) is 24.0 Å². The first-order valence-electron chi connectivity index (χ1n) is 8.89. The van der Waals surface area contributed by atoms with Gasteiger partial charge in [0.15, 0.2) is 6.29 Å². The van der Waals surface area contributed by atoms with Crippen LogP contribution in [-0.2, 0) is 19.1 Å². The summed E-state index contributed by atoms with van der Waals surface area (Å²) in [4.78, 5) is 22.3. The van der Waals surface area contributed by atoms with Gasteiger partial charge in [-0.25, -0.2) is 10.9 Å². The van der Waals surface area contributed by atoms with Gasteiger partial charge in [-0.2, -0.15) is 5.10 Å². The number of hydrogen-bond acceptors (Lipinski definition) is 6. The molecular formula is C17H31N3O5. The third-order valence-electron chi connectivity index (χ3n) is 3.81. The number of carbonyl (C=O) groups excluding carboxylic acids is 2. The molecule has 0 aromatic rings. The zero-order chi connectivity index (χ0) is 18.5. The van der Waals surface area contributed by atoms with Crippen molar-refractivity contribution in [1.29, 1.82) is 0 Å². The van der Waals surface area contributed by atoms with E-state index < -0.39 is 5.91 Å². The molecule has 3 N–H and O–H groups in total. The summed E-state index contributed by atoms with van der Waals surface area (Å²) in [5.74, 6) is -0.536. The van der Waals surface area contributed by atoms with Gasteiger partial charge in [0.1, 0.15) is 0 Å². The maximum absolute atomic E-state index is 11.6. The Morgan fingerprint density at radius 3 is 2.40 bits per heavy atom. The van der Waals surface area contributed by atoms with Crippen molar-refractivity contribution in [2.24, 2.45) is 10.5 Å². The second-order valence-electron chi connectivity index (χ2n) is 7.09. The van der Waals surface area contributed by atoms with Gasteiger partial charge in [0, 0.05) is 24.5 Å². The molecule has 2 amide bonds. The number of rotatable bonds is 11. The minimum absolute atomic E-state index is 0.0908. The molecule has 0 spiro atoms. The number of hydroxylamine groups is 1. The molecule has 8 nitrogen and oxygen atoms in total. The predicted octanol–water partition coefficient (Wildman–Crippen LogP) is 2.11. The van der Waals surface area contributed by atoms with Crippen LogP contribution in [0.1, 0.15) is 65.2 Å². The highest BCUT2D eigenvalue weighted by Gasteiger charge is 2.27. The minimum atomic E-state index is -0.401. The van der Waals surface area contributed by atoms with Crippen molar-refractivity contribution in [3.8, 4) is 0 Å². The van der Waals surface area contributed by atoms with Gasteiger partial charge in [-0.15, -0.1) is 0 Å². The Balaban J connectivity index is 1.95. The number of unbranched alkanes of at least 4 members (excludes halogenated alkanes) is 3. The van der Waals surface area contributed by atoms with Crippen LogP contribution in [0.2, 0.25) is 0 Å². The van der Waals surface area contributed by atoms with E-state index in [1.165, 1.54) is 0 Å². The van der Waals surface area contributed by atoms with Crippen molar-refractivity contribution in [1.82, 2.24) is 10.9 Å². The lowest BCUT2D eigenvalue weighted by Crippen LogP contribution is -2.37. The smallest absolute Gasteiger partial charge is 0.243 e. The van der Waals surface area contributed by atoms with Gasteiger partial charge < -0.3 is 9.47 Å². The van der Waals surface area contributed by atoms with Gasteiger partial charge >= 0.3 is 0 Å². The molecule has 25 heavy (non-hydrogen) atoms. The van der Waals surface area contributed by atoms with E-state index in [1.54, 1.807) is 11.7 Å². The molecule has 0 saturated carbocycles. The standard InChI is InChI=1S/C17H31N3O5/c1-17(2)12-24-16(25-13-17)10-6-7-11-18-19-14(21)8-4-3-5-9-15(22)20-23/h11,16,23H,3-10,12-13H2,1-2H3,(H,19,21)(H,20,22)/b18-11+. The number of amides is 2. The van der Waals surface area contributed by atoms with Crippen LogP contribution in [-0.4, -0.2) is 42.7 Å². The van der Waals surface area contributed by atoms with Gasteiger partial charge in [-0.1, -0.05) is 20.3 Å². The third kappa shape index (κ3) is 10.9. The molecule has 144 valence electrons. The first-order valence-corrected chi connectivity index (χ1v) is 8.89. The Hall–Kier alpha value is -1.51. The van der Waals surface area contributed by atoms with Gasteiger partial charge in [0.2, 0.25) is 11.8 Å². The van der Waals surface area contributed by atoms with E-state index in [1.807, 2.05) is 0 Å². The number of hydrazone groups is 1. The van der Waals surface area contributed by atoms with Crippen molar-refractivity contribution in [3.05, 3.63) is 0 Å². The van der Waals surface area contributed by atoms with E-state index in [9.17, 15) is 9.59 Å². The molecule has 1 aliphatic heterocycles. The predicted molar refractivity (Wildman–Crippen MR) is 93.0 cm³/mol. The molecule has 1 aliphatic rings. The van der Waals surface area contributed by atoms with Crippen LogP contribution >= 0.6 is 0 Å². The number of nitrogens with zero attached hydrogens (tertiary/aromatic N) is 1. The average molecular weight is 357 g/mol. The zero-order valence-electron chi connectivity index (χ0n) is 15.3. The minimum Gasteiger partial charge on any atom is -0.352 e.